The molecular weight excluding hydrogens is 222 g/mol. The number of nitrogens with one attached hydrogen (secondary N) is 1. The molecule has 0 fully saturated rings. The third kappa shape index (κ3) is 3.56. The van der Waals surface area contributed by atoms with Gasteiger partial charge in [-0.15, -0.1) is 0 Å². The van der Waals surface area contributed by atoms with Crippen LogP contribution in [0.3, 0.4) is 0 Å². The number of hydrogen-bond acceptors (Lipinski definition) is 4. The molecule has 1 heterocycles. The first-order valence-corrected chi connectivity index (χ1v) is 6.89. The molecule has 1 rings (SSSR count). The molecule has 1 aromatic rings. The smallest absolute Gasteiger partial charge is 0.293 e. The van der Waals surface area contributed by atoms with Crippen LogP contribution in [0.5, 0.6) is 0 Å². The second-order valence-corrected chi connectivity index (χ2v) is 4.69. The molecule has 0 aliphatic heterocycles. The number of thioether (sulfide) groups is 1. The van der Waals surface area contributed by atoms with E-state index >= 15 is 0 Å². The predicted octanol–water partition coefficient (Wildman–Crippen LogP) is 1.82. The molecule has 0 aliphatic carbocycles. The molecule has 4 nitrogen and oxygen atoms in total. The average Bonchev–Trinajstić information content (AvgIpc) is 2.24. The van der Waals surface area contributed by atoms with E-state index in [2.05, 4.69) is 24.1 Å². The monoisotopic (exact) mass is 241 g/mol. The molecule has 1 unspecified atom stereocenters. The van der Waals surface area contributed by atoms with Gasteiger partial charge in [0.2, 0.25) is 0 Å². The SMILES string of the molecule is CCCn1ccnc(NC(C)CSC)c1=O. The highest BCUT2D eigenvalue weighted by Gasteiger charge is 2.07. The summed E-state index contributed by atoms with van der Waals surface area (Å²) in [6.07, 6.45) is 6.40. The lowest BCUT2D eigenvalue weighted by molar-refractivity contribution is 0.648. The summed E-state index contributed by atoms with van der Waals surface area (Å²) in [4.78, 5) is 16.0. The first-order valence-electron chi connectivity index (χ1n) is 5.50. The fourth-order valence-electron chi connectivity index (χ4n) is 1.49. The van der Waals surface area contributed by atoms with Crippen molar-refractivity contribution in [3.8, 4) is 0 Å². The van der Waals surface area contributed by atoms with E-state index in [-0.39, 0.29) is 11.6 Å². The van der Waals surface area contributed by atoms with Crippen LogP contribution in [0.4, 0.5) is 5.82 Å². The van der Waals surface area contributed by atoms with Gasteiger partial charge in [-0.3, -0.25) is 4.79 Å². The Morgan fingerprint density at radius 2 is 2.38 bits per heavy atom. The quantitative estimate of drug-likeness (QED) is 0.825. The van der Waals surface area contributed by atoms with E-state index in [1.807, 2.05) is 6.26 Å². The fraction of sp³-hybridized carbons (Fsp3) is 0.636. The van der Waals surface area contributed by atoms with E-state index in [0.717, 1.165) is 18.7 Å². The van der Waals surface area contributed by atoms with Gasteiger partial charge in [0.05, 0.1) is 0 Å². The van der Waals surface area contributed by atoms with Crippen molar-refractivity contribution in [1.29, 1.82) is 0 Å². The third-order valence-corrected chi connectivity index (χ3v) is 3.01. The zero-order valence-electron chi connectivity index (χ0n) is 10.1. The van der Waals surface area contributed by atoms with Crippen LogP contribution in [-0.4, -0.2) is 27.6 Å². The predicted molar refractivity (Wildman–Crippen MR) is 70.3 cm³/mol. The molecule has 0 saturated carbocycles. The van der Waals surface area contributed by atoms with E-state index in [4.69, 9.17) is 0 Å². The Balaban J connectivity index is 2.80. The highest BCUT2D eigenvalue weighted by molar-refractivity contribution is 7.98. The van der Waals surface area contributed by atoms with Crippen molar-refractivity contribution in [2.24, 2.45) is 0 Å². The van der Waals surface area contributed by atoms with Crippen molar-refractivity contribution in [3.63, 3.8) is 0 Å². The maximum absolute atomic E-state index is 11.9. The molecule has 1 aromatic heterocycles. The van der Waals surface area contributed by atoms with Crippen molar-refractivity contribution in [2.45, 2.75) is 32.9 Å². The van der Waals surface area contributed by atoms with Crippen molar-refractivity contribution >= 4 is 17.6 Å². The molecule has 0 bridgehead atoms. The molecule has 90 valence electrons. The fourth-order valence-corrected chi connectivity index (χ4v) is 2.07. The first-order chi connectivity index (χ1) is 7.69. The number of aromatic nitrogens is 2. The number of nitrogens with zero attached hydrogens (tertiary/aromatic N) is 2. The summed E-state index contributed by atoms with van der Waals surface area (Å²) >= 11 is 1.75. The highest BCUT2D eigenvalue weighted by atomic mass is 32.2. The summed E-state index contributed by atoms with van der Waals surface area (Å²) in [5, 5.41) is 3.14. The van der Waals surface area contributed by atoms with E-state index in [1.165, 1.54) is 0 Å². The number of rotatable bonds is 6. The van der Waals surface area contributed by atoms with E-state index in [1.54, 1.807) is 28.7 Å². The molecule has 1 atom stereocenters. The molecule has 0 spiro atoms. The maximum Gasteiger partial charge on any atom is 0.293 e. The zero-order chi connectivity index (χ0) is 12.0. The summed E-state index contributed by atoms with van der Waals surface area (Å²) in [5.74, 6) is 1.42. The van der Waals surface area contributed by atoms with Gasteiger partial charge in [-0.1, -0.05) is 6.92 Å². The number of hydrogen-bond donors (Lipinski definition) is 1. The van der Waals surface area contributed by atoms with Crippen LogP contribution in [0.25, 0.3) is 0 Å². The highest BCUT2D eigenvalue weighted by Crippen LogP contribution is 2.02. The van der Waals surface area contributed by atoms with Crippen LogP contribution < -0.4 is 10.9 Å². The summed E-state index contributed by atoms with van der Waals surface area (Å²) in [6, 6.07) is 0.257. The topological polar surface area (TPSA) is 46.9 Å². The third-order valence-electron chi connectivity index (χ3n) is 2.18. The van der Waals surface area contributed by atoms with Gasteiger partial charge in [0.15, 0.2) is 5.82 Å². The standard InChI is InChI=1S/C11H19N3OS/c1-4-6-14-7-5-12-10(11(14)15)13-9(2)8-16-3/h5,7,9H,4,6,8H2,1-3H3,(H,12,13). The Hall–Kier alpha value is -0.970. The van der Waals surface area contributed by atoms with Gasteiger partial charge in [0.25, 0.3) is 5.56 Å². The van der Waals surface area contributed by atoms with Crippen molar-refractivity contribution in [2.75, 3.05) is 17.3 Å². The molecule has 0 radical (unpaired) electrons. The van der Waals surface area contributed by atoms with Gasteiger partial charge in [0, 0.05) is 30.7 Å². The van der Waals surface area contributed by atoms with Gasteiger partial charge in [-0.05, 0) is 19.6 Å². The van der Waals surface area contributed by atoms with Crippen LogP contribution in [-0.2, 0) is 6.54 Å². The van der Waals surface area contributed by atoms with Crippen LogP contribution >= 0.6 is 11.8 Å². The minimum Gasteiger partial charge on any atom is -0.362 e. The van der Waals surface area contributed by atoms with Crippen LogP contribution in [0.2, 0.25) is 0 Å². The van der Waals surface area contributed by atoms with E-state index in [0.29, 0.717) is 5.82 Å². The van der Waals surface area contributed by atoms with Crippen LogP contribution in [0, 0.1) is 0 Å². The largest absolute Gasteiger partial charge is 0.362 e. The minimum atomic E-state index is -0.0303. The van der Waals surface area contributed by atoms with Gasteiger partial charge < -0.3 is 9.88 Å². The summed E-state index contributed by atoms with van der Waals surface area (Å²) < 4.78 is 1.70. The number of anilines is 1. The Morgan fingerprint density at radius 3 is 3.00 bits per heavy atom. The van der Waals surface area contributed by atoms with Crippen LogP contribution in [0.15, 0.2) is 17.2 Å². The lowest BCUT2D eigenvalue weighted by Gasteiger charge is -2.13. The van der Waals surface area contributed by atoms with Gasteiger partial charge in [-0.25, -0.2) is 4.98 Å². The Bertz CT molecular complexity index is 378. The second-order valence-electron chi connectivity index (χ2n) is 3.78. The molecule has 0 amide bonds. The van der Waals surface area contributed by atoms with E-state index in [9.17, 15) is 4.79 Å². The molecule has 0 aliphatic rings. The Kier molecular flexibility index (Phi) is 5.38. The van der Waals surface area contributed by atoms with Gasteiger partial charge >= 0.3 is 0 Å². The lowest BCUT2D eigenvalue weighted by Crippen LogP contribution is -2.28. The lowest BCUT2D eigenvalue weighted by atomic mass is 10.4. The number of aryl methyl sites for hydroxylation is 1. The molecule has 1 N–H and O–H groups in total. The molecule has 0 aromatic carbocycles. The molecule has 16 heavy (non-hydrogen) atoms. The zero-order valence-corrected chi connectivity index (χ0v) is 10.9. The normalized spacial score (nSPS) is 12.4. The van der Waals surface area contributed by atoms with Crippen molar-refractivity contribution in [3.05, 3.63) is 22.7 Å². The molecular formula is C11H19N3OS. The summed E-state index contributed by atoms with van der Waals surface area (Å²) in [6.45, 7) is 4.85. The van der Waals surface area contributed by atoms with Crippen molar-refractivity contribution < 1.29 is 0 Å². The molecule has 0 saturated heterocycles. The minimum absolute atomic E-state index is 0.0303. The van der Waals surface area contributed by atoms with Crippen LogP contribution in [0.1, 0.15) is 20.3 Å². The van der Waals surface area contributed by atoms with E-state index < -0.39 is 0 Å². The first kappa shape index (κ1) is 13.1. The summed E-state index contributed by atoms with van der Waals surface area (Å²) in [5.41, 5.74) is -0.0303. The van der Waals surface area contributed by atoms with Crippen molar-refractivity contribution in [1.82, 2.24) is 9.55 Å². The Morgan fingerprint density at radius 1 is 1.62 bits per heavy atom. The molecule has 5 heteroatoms. The second kappa shape index (κ2) is 6.58. The van der Waals surface area contributed by atoms with Gasteiger partial charge in [0.1, 0.15) is 0 Å². The average molecular weight is 241 g/mol. The van der Waals surface area contributed by atoms with Gasteiger partial charge in [-0.2, -0.15) is 11.8 Å². The summed E-state index contributed by atoms with van der Waals surface area (Å²) in [7, 11) is 0. The Labute approximate surface area is 100 Å². The maximum atomic E-state index is 11.9.